The number of amides is 1. The summed E-state index contributed by atoms with van der Waals surface area (Å²) in [6.45, 7) is 5.98. The number of imidazole rings is 1. The zero-order valence-corrected chi connectivity index (χ0v) is 15.1. The van der Waals surface area contributed by atoms with Crippen molar-refractivity contribution in [2.75, 3.05) is 13.2 Å². The normalized spacial score (nSPS) is 10.9. The van der Waals surface area contributed by atoms with Gasteiger partial charge in [0, 0.05) is 18.7 Å². The highest BCUT2D eigenvalue weighted by Crippen LogP contribution is 2.18. The van der Waals surface area contributed by atoms with Gasteiger partial charge in [-0.15, -0.1) is 0 Å². The molecular weight excluding hydrogens is 332 g/mol. The summed E-state index contributed by atoms with van der Waals surface area (Å²) in [6.07, 6.45) is 0.591. The van der Waals surface area contributed by atoms with E-state index in [4.69, 9.17) is 4.74 Å². The van der Waals surface area contributed by atoms with E-state index < -0.39 is 5.97 Å². The maximum absolute atomic E-state index is 12.5. The summed E-state index contributed by atoms with van der Waals surface area (Å²) in [5.41, 5.74) is 3.94. The summed E-state index contributed by atoms with van der Waals surface area (Å²) >= 11 is 0. The molecule has 0 atom stereocenters. The van der Waals surface area contributed by atoms with Gasteiger partial charge in [-0.25, -0.2) is 9.78 Å². The van der Waals surface area contributed by atoms with Crippen molar-refractivity contribution < 1.29 is 14.3 Å². The van der Waals surface area contributed by atoms with Crippen molar-refractivity contribution in [1.29, 1.82) is 0 Å². The van der Waals surface area contributed by atoms with Crippen LogP contribution in [-0.2, 0) is 11.2 Å². The van der Waals surface area contributed by atoms with Gasteiger partial charge in [0.15, 0.2) is 0 Å². The average Bonchev–Trinajstić information content (AvgIpc) is 3.15. The number of ether oxygens (including phenoxy) is 1. The van der Waals surface area contributed by atoms with Crippen LogP contribution in [0.15, 0.2) is 24.3 Å². The lowest BCUT2D eigenvalue weighted by Crippen LogP contribution is -2.27. The third kappa shape index (κ3) is 3.46. The number of benzene rings is 1. The van der Waals surface area contributed by atoms with E-state index in [0.29, 0.717) is 35.5 Å². The van der Waals surface area contributed by atoms with Crippen molar-refractivity contribution >= 4 is 22.9 Å². The third-order valence-corrected chi connectivity index (χ3v) is 4.23. The van der Waals surface area contributed by atoms with Gasteiger partial charge in [0.25, 0.3) is 5.91 Å². The smallest absolute Gasteiger partial charge is 0.355 e. The van der Waals surface area contributed by atoms with Gasteiger partial charge in [0.1, 0.15) is 11.5 Å². The predicted octanol–water partition coefficient (Wildman–Crippen LogP) is 2.66. The van der Waals surface area contributed by atoms with Crippen LogP contribution in [0.1, 0.15) is 44.9 Å². The first kappa shape index (κ1) is 17.7. The number of aromatic amines is 2. The maximum Gasteiger partial charge on any atom is 0.355 e. The Hall–Kier alpha value is -3.09. The zero-order valence-electron chi connectivity index (χ0n) is 15.1. The van der Waals surface area contributed by atoms with Crippen molar-refractivity contribution in [2.45, 2.75) is 27.2 Å². The molecule has 0 unspecified atom stereocenters. The molecule has 7 nitrogen and oxygen atoms in total. The molecule has 1 aromatic carbocycles. The lowest BCUT2D eigenvalue weighted by molar-refractivity contribution is 0.0519. The molecule has 1 amide bonds. The standard InChI is InChI=1S/C19H22N4O3/c1-4-26-19(25)17-11(2)16(12(3)21-17)18(24)20-10-9-15-22-13-7-5-6-8-14(13)23-15/h5-8,21H,4,9-10H2,1-3H3,(H,20,24)(H,22,23). The number of hydrogen-bond acceptors (Lipinski definition) is 4. The third-order valence-electron chi connectivity index (χ3n) is 4.23. The van der Waals surface area contributed by atoms with Gasteiger partial charge in [-0.1, -0.05) is 12.1 Å². The van der Waals surface area contributed by atoms with Crippen LogP contribution < -0.4 is 5.32 Å². The van der Waals surface area contributed by atoms with E-state index in [0.717, 1.165) is 16.9 Å². The molecule has 0 aliphatic rings. The van der Waals surface area contributed by atoms with E-state index in [1.807, 2.05) is 24.3 Å². The SMILES string of the molecule is CCOC(=O)c1[nH]c(C)c(C(=O)NCCc2nc3ccccc3[nH]2)c1C. The van der Waals surface area contributed by atoms with E-state index in [2.05, 4.69) is 20.3 Å². The molecule has 0 fully saturated rings. The first-order valence-corrected chi connectivity index (χ1v) is 8.59. The second-order valence-corrected chi connectivity index (χ2v) is 6.05. The summed E-state index contributed by atoms with van der Waals surface area (Å²) in [5.74, 6) is 0.151. The first-order valence-electron chi connectivity index (χ1n) is 8.59. The molecular formula is C19H22N4O3. The quantitative estimate of drug-likeness (QED) is 0.593. The highest BCUT2D eigenvalue weighted by atomic mass is 16.5. The molecule has 26 heavy (non-hydrogen) atoms. The number of nitrogens with one attached hydrogen (secondary N) is 3. The number of para-hydroxylation sites is 2. The Morgan fingerprint density at radius 1 is 1.19 bits per heavy atom. The summed E-state index contributed by atoms with van der Waals surface area (Å²) in [7, 11) is 0. The number of carbonyl (C=O) groups excluding carboxylic acids is 2. The lowest BCUT2D eigenvalue weighted by atomic mass is 10.1. The molecule has 2 heterocycles. The lowest BCUT2D eigenvalue weighted by Gasteiger charge is -2.05. The molecule has 7 heteroatoms. The van der Waals surface area contributed by atoms with Crippen molar-refractivity contribution in [3.05, 3.63) is 52.6 Å². The fraction of sp³-hybridized carbons (Fsp3) is 0.316. The molecule has 0 spiro atoms. The number of fused-ring (bicyclic) bond motifs is 1. The number of H-pyrrole nitrogens is 2. The van der Waals surface area contributed by atoms with Gasteiger partial charge in [0.2, 0.25) is 0 Å². The summed E-state index contributed by atoms with van der Waals surface area (Å²) < 4.78 is 5.01. The number of aromatic nitrogens is 3. The van der Waals surface area contributed by atoms with E-state index in [1.165, 1.54) is 0 Å². The van der Waals surface area contributed by atoms with Crippen LogP contribution >= 0.6 is 0 Å². The second-order valence-electron chi connectivity index (χ2n) is 6.05. The summed E-state index contributed by atoms with van der Waals surface area (Å²) in [6, 6.07) is 7.79. The summed E-state index contributed by atoms with van der Waals surface area (Å²) in [4.78, 5) is 35.1. The highest BCUT2D eigenvalue weighted by molar-refractivity contribution is 6.01. The van der Waals surface area contributed by atoms with Gasteiger partial charge < -0.3 is 20.0 Å². The predicted molar refractivity (Wildman–Crippen MR) is 98.4 cm³/mol. The molecule has 0 aliphatic heterocycles. The Balaban J connectivity index is 1.65. The number of esters is 1. The molecule has 3 rings (SSSR count). The minimum Gasteiger partial charge on any atom is -0.461 e. The fourth-order valence-electron chi connectivity index (χ4n) is 3.00. The Bertz CT molecular complexity index is 922. The van der Waals surface area contributed by atoms with Crippen LogP contribution in [0.3, 0.4) is 0 Å². The van der Waals surface area contributed by atoms with Crippen LogP contribution in [-0.4, -0.2) is 40.0 Å². The summed E-state index contributed by atoms with van der Waals surface area (Å²) in [5, 5.41) is 2.89. The average molecular weight is 354 g/mol. The monoisotopic (exact) mass is 354 g/mol. The number of hydrogen-bond donors (Lipinski definition) is 3. The maximum atomic E-state index is 12.5. The van der Waals surface area contributed by atoms with Crippen molar-refractivity contribution in [1.82, 2.24) is 20.3 Å². The number of rotatable bonds is 6. The fourth-order valence-corrected chi connectivity index (χ4v) is 3.00. The van der Waals surface area contributed by atoms with Gasteiger partial charge >= 0.3 is 5.97 Å². The number of nitrogens with zero attached hydrogens (tertiary/aromatic N) is 1. The van der Waals surface area contributed by atoms with Crippen molar-refractivity contribution in [3.63, 3.8) is 0 Å². The van der Waals surface area contributed by atoms with Crippen LogP contribution in [0.25, 0.3) is 11.0 Å². The molecule has 3 aromatic rings. The van der Waals surface area contributed by atoms with Gasteiger partial charge in [0.05, 0.1) is 23.2 Å². The Kier molecular flexibility index (Phi) is 5.06. The minimum atomic E-state index is -0.450. The van der Waals surface area contributed by atoms with E-state index in [-0.39, 0.29) is 12.5 Å². The van der Waals surface area contributed by atoms with Crippen molar-refractivity contribution in [2.24, 2.45) is 0 Å². The van der Waals surface area contributed by atoms with Crippen LogP contribution in [0.4, 0.5) is 0 Å². The van der Waals surface area contributed by atoms with Crippen LogP contribution in [0.5, 0.6) is 0 Å². The topological polar surface area (TPSA) is 99.9 Å². The Labute approximate surface area is 151 Å². The Morgan fingerprint density at radius 3 is 2.69 bits per heavy atom. The molecule has 2 aromatic heterocycles. The largest absolute Gasteiger partial charge is 0.461 e. The first-order chi connectivity index (χ1) is 12.5. The number of aryl methyl sites for hydroxylation is 1. The van der Waals surface area contributed by atoms with E-state index in [9.17, 15) is 9.59 Å². The molecule has 0 saturated carbocycles. The molecule has 3 N–H and O–H groups in total. The van der Waals surface area contributed by atoms with Crippen LogP contribution in [0.2, 0.25) is 0 Å². The van der Waals surface area contributed by atoms with Crippen LogP contribution in [0, 0.1) is 13.8 Å². The molecule has 0 radical (unpaired) electrons. The Morgan fingerprint density at radius 2 is 1.96 bits per heavy atom. The second kappa shape index (κ2) is 7.43. The van der Waals surface area contributed by atoms with E-state index in [1.54, 1.807) is 20.8 Å². The number of carbonyl (C=O) groups is 2. The highest BCUT2D eigenvalue weighted by Gasteiger charge is 2.22. The van der Waals surface area contributed by atoms with Crippen molar-refractivity contribution in [3.8, 4) is 0 Å². The molecule has 0 saturated heterocycles. The molecule has 0 bridgehead atoms. The van der Waals surface area contributed by atoms with Gasteiger partial charge in [-0.3, -0.25) is 4.79 Å². The molecule has 136 valence electrons. The minimum absolute atomic E-state index is 0.220. The van der Waals surface area contributed by atoms with Gasteiger partial charge in [-0.05, 0) is 38.5 Å². The zero-order chi connectivity index (χ0) is 18.7. The van der Waals surface area contributed by atoms with E-state index >= 15 is 0 Å². The van der Waals surface area contributed by atoms with Gasteiger partial charge in [-0.2, -0.15) is 0 Å². The molecule has 0 aliphatic carbocycles.